The number of hydrogen-bond acceptors (Lipinski definition) is 7. The van der Waals surface area contributed by atoms with Crippen LogP contribution in [-0.2, 0) is 0 Å². The van der Waals surface area contributed by atoms with Crippen LogP contribution in [0.4, 0.5) is 17.5 Å². The number of aromatic nitrogens is 2. The summed E-state index contributed by atoms with van der Waals surface area (Å²) in [4.78, 5) is 10.3. The molecule has 0 radical (unpaired) electrons. The Bertz CT molecular complexity index is 871. The van der Waals surface area contributed by atoms with E-state index in [-0.39, 0.29) is 5.95 Å². The van der Waals surface area contributed by atoms with Crippen LogP contribution in [0.25, 0.3) is 11.5 Å². The molecule has 0 aliphatic rings. The Labute approximate surface area is 145 Å². The lowest BCUT2D eigenvalue weighted by Crippen LogP contribution is -2.27. The van der Waals surface area contributed by atoms with E-state index in [1.807, 2.05) is 42.3 Å². The third-order valence-electron chi connectivity index (χ3n) is 3.69. The molecule has 0 amide bonds. The Morgan fingerprint density at radius 2 is 2.00 bits per heavy atom. The number of para-hydroxylation sites is 1. The van der Waals surface area contributed by atoms with Crippen molar-refractivity contribution >= 4 is 17.5 Å². The van der Waals surface area contributed by atoms with Crippen molar-refractivity contribution in [2.24, 2.45) is 0 Å². The van der Waals surface area contributed by atoms with Crippen molar-refractivity contribution in [3.05, 3.63) is 54.3 Å². The van der Waals surface area contributed by atoms with E-state index in [9.17, 15) is 5.26 Å². The molecule has 1 aromatic carbocycles. The van der Waals surface area contributed by atoms with Gasteiger partial charge in [0.2, 0.25) is 5.95 Å². The molecule has 2 aromatic heterocycles. The van der Waals surface area contributed by atoms with Gasteiger partial charge in [-0.1, -0.05) is 18.2 Å². The molecule has 0 atom stereocenters. The summed E-state index contributed by atoms with van der Waals surface area (Å²) in [5.74, 6) is 1.07. The van der Waals surface area contributed by atoms with Crippen molar-refractivity contribution in [2.75, 3.05) is 36.1 Å². The number of furan rings is 1. The van der Waals surface area contributed by atoms with Crippen LogP contribution in [0.2, 0.25) is 0 Å². The lowest BCUT2D eigenvalue weighted by atomic mass is 10.1. The van der Waals surface area contributed by atoms with E-state index >= 15 is 0 Å². The van der Waals surface area contributed by atoms with E-state index in [4.69, 9.17) is 10.2 Å². The Hall–Kier alpha value is -3.53. The normalized spacial score (nSPS) is 10.2. The fourth-order valence-electron chi connectivity index (χ4n) is 2.47. The van der Waals surface area contributed by atoms with Gasteiger partial charge in [-0.15, -0.1) is 0 Å². The summed E-state index contributed by atoms with van der Waals surface area (Å²) >= 11 is 0. The standard InChI is InChI=1S/C18H18N6O/c1-24(10-9-21-13-6-3-2-4-7-13)17-14(12-19)16(22-18(20)23-17)15-8-5-11-25-15/h2-8,11,21H,9-10H2,1H3,(H2,20,22,23). The molecule has 7 nitrogen and oxygen atoms in total. The summed E-state index contributed by atoms with van der Waals surface area (Å²) in [6.07, 6.45) is 1.53. The lowest BCUT2D eigenvalue weighted by Gasteiger charge is -2.20. The summed E-state index contributed by atoms with van der Waals surface area (Å²) in [6, 6.07) is 15.6. The third kappa shape index (κ3) is 3.70. The molecule has 3 rings (SSSR count). The van der Waals surface area contributed by atoms with Gasteiger partial charge >= 0.3 is 0 Å². The van der Waals surface area contributed by atoms with Crippen LogP contribution in [0.1, 0.15) is 5.56 Å². The summed E-state index contributed by atoms with van der Waals surface area (Å²) < 4.78 is 5.36. The van der Waals surface area contributed by atoms with Crippen LogP contribution in [0.15, 0.2) is 53.1 Å². The molecule has 0 aliphatic carbocycles. The number of nitrogens with zero attached hydrogens (tertiary/aromatic N) is 4. The number of nitrogens with one attached hydrogen (secondary N) is 1. The van der Waals surface area contributed by atoms with Gasteiger partial charge in [-0.3, -0.25) is 0 Å². The van der Waals surface area contributed by atoms with E-state index in [0.717, 1.165) is 5.69 Å². The molecular formula is C18H18N6O. The molecule has 7 heteroatoms. The summed E-state index contributed by atoms with van der Waals surface area (Å²) in [7, 11) is 1.86. The van der Waals surface area contributed by atoms with Crippen LogP contribution >= 0.6 is 0 Å². The number of nitriles is 1. The highest BCUT2D eigenvalue weighted by Gasteiger charge is 2.19. The summed E-state index contributed by atoms with van der Waals surface area (Å²) in [6.45, 7) is 1.32. The molecule has 3 N–H and O–H groups in total. The third-order valence-corrected chi connectivity index (χ3v) is 3.69. The fraction of sp³-hybridized carbons (Fsp3) is 0.167. The van der Waals surface area contributed by atoms with E-state index in [2.05, 4.69) is 21.4 Å². The molecule has 0 fully saturated rings. The predicted molar refractivity (Wildman–Crippen MR) is 97.1 cm³/mol. The Morgan fingerprint density at radius 1 is 1.20 bits per heavy atom. The van der Waals surface area contributed by atoms with Gasteiger partial charge in [0.05, 0.1) is 6.26 Å². The molecule has 0 bridgehead atoms. The number of nitrogens with two attached hydrogens (primary N) is 1. The quantitative estimate of drug-likeness (QED) is 0.714. The van der Waals surface area contributed by atoms with Gasteiger partial charge in [0.25, 0.3) is 0 Å². The zero-order valence-electron chi connectivity index (χ0n) is 13.8. The molecule has 0 saturated carbocycles. The average Bonchev–Trinajstić information content (AvgIpc) is 3.16. The van der Waals surface area contributed by atoms with E-state index in [0.29, 0.717) is 35.9 Å². The lowest BCUT2D eigenvalue weighted by molar-refractivity contribution is 0.579. The minimum absolute atomic E-state index is 0.100. The van der Waals surface area contributed by atoms with Gasteiger partial charge < -0.3 is 20.4 Å². The number of likely N-dealkylation sites (N-methyl/N-ethyl adjacent to an activating group) is 1. The number of benzene rings is 1. The van der Waals surface area contributed by atoms with Gasteiger partial charge in [-0.05, 0) is 24.3 Å². The van der Waals surface area contributed by atoms with Crippen molar-refractivity contribution in [1.29, 1.82) is 5.26 Å². The molecule has 25 heavy (non-hydrogen) atoms. The molecule has 0 unspecified atom stereocenters. The number of nitrogen functional groups attached to an aromatic ring is 1. The first-order valence-corrected chi connectivity index (χ1v) is 7.80. The smallest absolute Gasteiger partial charge is 0.222 e. The van der Waals surface area contributed by atoms with Crippen LogP contribution in [0, 0.1) is 11.3 Å². The van der Waals surface area contributed by atoms with E-state index < -0.39 is 0 Å². The minimum atomic E-state index is 0.100. The fourth-order valence-corrected chi connectivity index (χ4v) is 2.47. The van der Waals surface area contributed by atoms with E-state index in [1.54, 1.807) is 12.1 Å². The van der Waals surface area contributed by atoms with E-state index in [1.165, 1.54) is 6.26 Å². The van der Waals surface area contributed by atoms with Crippen molar-refractivity contribution in [2.45, 2.75) is 0 Å². The largest absolute Gasteiger partial charge is 0.463 e. The zero-order chi connectivity index (χ0) is 17.6. The van der Waals surface area contributed by atoms with Crippen molar-refractivity contribution in [1.82, 2.24) is 9.97 Å². The predicted octanol–water partition coefficient (Wildman–Crippen LogP) is 2.74. The van der Waals surface area contributed by atoms with Gasteiger partial charge in [0.1, 0.15) is 17.3 Å². The Balaban J connectivity index is 1.80. The number of anilines is 3. The second-order valence-electron chi connectivity index (χ2n) is 5.43. The maximum atomic E-state index is 9.59. The molecular weight excluding hydrogens is 316 g/mol. The van der Waals surface area contributed by atoms with Gasteiger partial charge in [-0.25, -0.2) is 4.98 Å². The topological polar surface area (TPSA) is 104 Å². The minimum Gasteiger partial charge on any atom is -0.463 e. The monoisotopic (exact) mass is 334 g/mol. The van der Waals surface area contributed by atoms with Crippen molar-refractivity contribution in [3.8, 4) is 17.5 Å². The highest BCUT2D eigenvalue weighted by Crippen LogP contribution is 2.28. The second kappa shape index (κ2) is 7.36. The first-order valence-electron chi connectivity index (χ1n) is 7.80. The summed E-state index contributed by atoms with van der Waals surface area (Å²) in [5, 5.41) is 12.9. The first kappa shape index (κ1) is 16.3. The average molecular weight is 334 g/mol. The van der Waals surface area contributed by atoms with Crippen LogP contribution < -0.4 is 16.0 Å². The van der Waals surface area contributed by atoms with Gasteiger partial charge in [-0.2, -0.15) is 10.2 Å². The second-order valence-corrected chi connectivity index (χ2v) is 5.43. The maximum absolute atomic E-state index is 9.59. The van der Waals surface area contributed by atoms with Crippen LogP contribution in [-0.4, -0.2) is 30.1 Å². The number of hydrogen-bond donors (Lipinski definition) is 2. The van der Waals surface area contributed by atoms with Gasteiger partial charge in [0, 0.05) is 25.8 Å². The van der Waals surface area contributed by atoms with Crippen molar-refractivity contribution in [3.63, 3.8) is 0 Å². The van der Waals surface area contributed by atoms with Crippen LogP contribution in [0.5, 0.6) is 0 Å². The zero-order valence-corrected chi connectivity index (χ0v) is 13.8. The number of rotatable bonds is 6. The SMILES string of the molecule is CN(CCNc1ccccc1)c1nc(N)nc(-c2ccco2)c1C#N. The maximum Gasteiger partial charge on any atom is 0.222 e. The Kier molecular flexibility index (Phi) is 4.81. The Morgan fingerprint density at radius 3 is 2.68 bits per heavy atom. The molecule has 3 aromatic rings. The molecule has 0 spiro atoms. The summed E-state index contributed by atoms with van der Waals surface area (Å²) in [5.41, 5.74) is 7.61. The molecule has 2 heterocycles. The molecule has 126 valence electrons. The highest BCUT2D eigenvalue weighted by atomic mass is 16.3. The van der Waals surface area contributed by atoms with Gasteiger partial charge in [0.15, 0.2) is 11.6 Å². The highest BCUT2D eigenvalue weighted by molar-refractivity contribution is 5.71. The first-order chi connectivity index (χ1) is 12.2. The van der Waals surface area contributed by atoms with Crippen molar-refractivity contribution < 1.29 is 4.42 Å². The van der Waals surface area contributed by atoms with Crippen LogP contribution in [0.3, 0.4) is 0 Å². The molecule has 0 saturated heterocycles. The molecule has 0 aliphatic heterocycles.